The standard InChI is InChI=1S/C18H26N2O2/c1-19-13-15(9-10-17(19)21)18(22)20-11-5-8-16(20)12-14-6-3-2-4-7-14/h9-10,13-14,16H,2-8,11-12H2,1H3/t16-/m0/s1. The predicted molar refractivity (Wildman–Crippen MR) is 86.9 cm³/mol. The van der Waals surface area contributed by atoms with E-state index in [0.717, 1.165) is 31.7 Å². The zero-order chi connectivity index (χ0) is 15.5. The van der Waals surface area contributed by atoms with E-state index in [1.165, 1.54) is 42.7 Å². The Balaban J connectivity index is 1.70. The summed E-state index contributed by atoms with van der Waals surface area (Å²) in [7, 11) is 1.70. The molecule has 0 radical (unpaired) electrons. The molecule has 4 nitrogen and oxygen atoms in total. The minimum Gasteiger partial charge on any atom is -0.336 e. The van der Waals surface area contributed by atoms with Gasteiger partial charge in [-0.05, 0) is 31.2 Å². The third-order valence-corrected chi connectivity index (χ3v) is 5.30. The van der Waals surface area contributed by atoms with Crippen molar-refractivity contribution in [3.63, 3.8) is 0 Å². The fraction of sp³-hybridized carbons (Fsp3) is 0.667. The summed E-state index contributed by atoms with van der Waals surface area (Å²) in [6, 6.07) is 3.55. The number of pyridine rings is 1. The largest absolute Gasteiger partial charge is 0.336 e. The fourth-order valence-corrected chi connectivity index (χ4v) is 4.04. The lowest BCUT2D eigenvalue weighted by molar-refractivity contribution is 0.0710. The molecule has 1 saturated heterocycles. The third kappa shape index (κ3) is 3.26. The van der Waals surface area contributed by atoms with Crippen LogP contribution in [0.25, 0.3) is 0 Å². The minimum absolute atomic E-state index is 0.0725. The molecule has 22 heavy (non-hydrogen) atoms. The number of nitrogens with zero attached hydrogens (tertiary/aromatic N) is 2. The summed E-state index contributed by atoms with van der Waals surface area (Å²) in [6.07, 6.45) is 11.8. The highest BCUT2D eigenvalue weighted by Gasteiger charge is 2.31. The van der Waals surface area contributed by atoms with Gasteiger partial charge >= 0.3 is 0 Å². The van der Waals surface area contributed by atoms with E-state index in [1.807, 2.05) is 0 Å². The van der Waals surface area contributed by atoms with Gasteiger partial charge in [-0.2, -0.15) is 0 Å². The number of rotatable bonds is 3. The lowest BCUT2D eigenvalue weighted by Gasteiger charge is -2.30. The molecule has 0 unspecified atom stereocenters. The molecule has 4 heteroatoms. The summed E-state index contributed by atoms with van der Waals surface area (Å²) in [5, 5.41) is 0. The van der Waals surface area contributed by atoms with Gasteiger partial charge < -0.3 is 9.47 Å². The zero-order valence-electron chi connectivity index (χ0n) is 13.5. The number of likely N-dealkylation sites (tertiary alicyclic amines) is 1. The van der Waals surface area contributed by atoms with E-state index in [0.29, 0.717) is 11.6 Å². The van der Waals surface area contributed by atoms with Gasteiger partial charge in [0.15, 0.2) is 0 Å². The summed E-state index contributed by atoms with van der Waals surface area (Å²) in [4.78, 5) is 26.3. The van der Waals surface area contributed by atoms with Crippen molar-refractivity contribution < 1.29 is 4.79 Å². The van der Waals surface area contributed by atoms with Crippen LogP contribution in [0.3, 0.4) is 0 Å². The van der Waals surface area contributed by atoms with Crippen molar-refractivity contribution in [1.29, 1.82) is 0 Å². The Morgan fingerprint density at radius 3 is 2.64 bits per heavy atom. The van der Waals surface area contributed by atoms with Gasteiger partial charge in [-0.15, -0.1) is 0 Å². The Hall–Kier alpha value is -1.58. The quantitative estimate of drug-likeness (QED) is 0.861. The summed E-state index contributed by atoms with van der Waals surface area (Å²) in [5.74, 6) is 0.890. The van der Waals surface area contributed by atoms with E-state index in [1.54, 1.807) is 19.3 Å². The van der Waals surface area contributed by atoms with Crippen molar-refractivity contribution in [2.24, 2.45) is 13.0 Å². The summed E-state index contributed by atoms with van der Waals surface area (Å²) in [6.45, 7) is 0.860. The molecule has 120 valence electrons. The molecule has 2 heterocycles. The van der Waals surface area contributed by atoms with Crippen molar-refractivity contribution in [1.82, 2.24) is 9.47 Å². The Kier molecular flexibility index (Phi) is 4.65. The maximum Gasteiger partial charge on any atom is 0.255 e. The highest BCUT2D eigenvalue weighted by atomic mass is 16.2. The van der Waals surface area contributed by atoms with Crippen LogP contribution in [0, 0.1) is 5.92 Å². The molecule has 0 bridgehead atoms. The van der Waals surface area contributed by atoms with Crippen molar-refractivity contribution in [3.8, 4) is 0 Å². The number of amides is 1. The first kappa shape index (κ1) is 15.3. The van der Waals surface area contributed by atoms with Crippen molar-refractivity contribution >= 4 is 5.91 Å². The summed E-state index contributed by atoms with van der Waals surface area (Å²) in [5.41, 5.74) is 0.564. The molecule has 0 aromatic carbocycles. The SMILES string of the molecule is Cn1cc(C(=O)N2CCC[C@H]2CC2CCCCC2)ccc1=O. The Morgan fingerprint density at radius 1 is 1.14 bits per heavy atom. The first-order chi connectivity index (χ1) is 10.6. The van der Waals surface area contributed by atoms with Crippen LogP contribution < -0.4 is 5.56 Å². The van der Waals surface area contributed by atoms with Gasteiger partial charge in [-0.25, -0.2) is 0 Å². The smallest absolute Gasteiger partial charge is 0.255 e. The van der Waals surface area contributed by atoms with Crippen molar-refractivity contribution in [3.05, 3.63) is 34.2 Å². The number of aryl methyl sites for hydroxylation is 1. The first-order valence-corrected chi connectivity index (χ1v) is 8.63. The summed E-state index contributed by atoms with van der Waals surface area (Å²) < 4.78 is 1.49. The van der Waals surface area contributed by atoms with Gasteiger partial charge in [0.1, 0.15) is 0 Å². The topological polar surface area (TPSA) is 42.3 Å². The van der Waals surface area contributed by atoms with Gasteiger partial charge in [-0.3, -0.25) is 9.59 Å². The zero-order valence-corrected chi connectivity index (χ0v) is 13.5. The monoisotopic (exact) mass is 302 g/mol. The number of hydrogen-bond acceptors (Lipinski definition) is 2. The second-order valence-corrected chi connectivity index (χ2v) is 6.90. The van der Waals surface area contributed by atoms with Gasteiger partial charge in [-0.1, -0.05) is 32.1 Å². The normalized spacial score (nSPS) is 23.0. The first-order valence-electron chi connectivity index (χ1n) is 8.63. The highest BCUT2D eigenvalue weighted by Crippen LogP contribution is 2.32. The van der Waals surface area contributed by atoms with Crippen molar-refractivity contribution in [2.45, 2.75) is 57.4 Å². The van der Waals surface area contributed by atoms with Crippen LogP contribution in [0.5, 0.6) is 0 Å². The van der Waals surface area contributed by atoms with Gasteiger partial charge in [0.2, 0.25) is 5.56 Å². The Bertz CT molecular complexity index is 587. The number of carbonyl (C=O) groups excluding carboxylic acids is 1. The fourth-order valence-electron chi connectivity index (χ4n) is 4.04. The van der Waals surface area contributed by atoms with Crippen LogP contribution in [0.2, 0.25) is 0 Å². The predicted octanol–water partition coefficient (Wildman–Crippen LogP) is 2.96. The van der Waals surface area contributed by atoms with Crippen molar-refractivity contribution in [2.75, 3.05) is 6.54 Å². The van der Waals surface area contributed by atoms with E-state index in [4.69, 9.17) is 0 Å². The molecule has 1 aromatic rings. The number of carbonyl (C=O) groups is 1. The third-order valence-electron chi connectivity index (χ3n) is 5.30. The lowest BCUT2D eigenvalue weighted by atomic mass is 9.84. The molecule has 1 aliphatic carbocycles. The maximum atomic E-state index is 12.8. The molecule has 2 fully saturated rings. The molecule has 2 aliphatic rings. The maximum absolute atomic E-state index is 12.8. The van der Waals surface area contributed by atoms with E-state index in [-0.39, 0.29) is 11.5 Å². The molecule has 1 aliphatic heterocycles. The molecule has 1 aromatic heterocycles. The van der Waals surface area contributed by atoms with Gasteiger partial charge in [0, 0.05) is 31.9 Å². The van der Waals surface area contributed by atoms with Crippen LogP contribution in [-0.4, -0.2) is 28.0 Å². The average molecular weight is 302 g/mol. The average Bonchev–Trinajstić information content (AvgIpc) is 2.98. The van der Waals surface area contributed by atoms with Crippen LogP contribution in [0.4, 0.5) is 0 Å². The van der Waals surface area contributed by atoms with Crippen LogP contribution in [0.1, 0.15) is 61.7 Å². The second kappa shape index (κ2) is 6.67. The molecule has 1 atom stereocenters. The molecule has 3 rings (SSSR count). The summed E-state index contributed by atoms with van der Waals surface area (Å²) >= 11 is 0. The molecule has 0 spiro atoms. The minimum atomic E-state index is -0.0725. The van der Waals surface area contributed by atoms with E-state index < -0.39 is 0 Å². The second-order valence-electron chi connectivity index (χ2n) is 6.90. The number of aromatic nitrogens is 1. The van der Waals surface area contributed by atoms with E-state index in [9.17, 15) is 9.59 Å². The van der Waals surface area contributed by atoms with Gasteiger partial charge in [0.05, 0.1) is 5.56 Å². The lowest BCUT2D eigenvalue weighted by Crippen LogP contribution is -2.37. The number of hydrogen-bond donors (Lipinski definition) is 0. The molecule has 0 N–H and O–H groups in total. The van der Waals surface area contributed by atoms with Gasteiger partial charge in [0.25, 0.3) is 5.91 Å². The van der Waals surface area contributed by atoms with Crippen LogP contribution >= 0.6 is 0 Å². The van der Waals surface area contributed by atoms with Crippen LogP contribution in [-0.2, 0) is 7.05 Å². The molecule has 1 saturated carbocycles. The van der Waals surface area contributed by atoms with Crippen LogP contribution in [0.15, 0.2) is 23.1 Å². The highest BCUT2D eigenvalue weighted by molar-refractivity contribution is 5.94. The van der Waals surface area contributed by atoms with E-state index >= 15 is 0 Å². The molecular weight excluding hydrogens is 276 g/mol. The van der Waals surface area contributed by atoms with E-state index in [2.05, 4.69) is 4.90 Å². The Labute approximate surface area is 132 Å². The molecule has 1 amide bonds. The Morgan fingerprint density at radius 2 is 1.91 bits per heavy atom. The molecular formula is C18H26N2O2.